The number of nitrogens with zero attached hydrogens (tertiary/aromatic N) is 4. The summed E-state index contributed by atoms with van der Waals surface area (Å²) in [6.07, 6.45) is 1.30. The number of aromatic nitrogens is 3. The van der Waals surface area contributed by atoms with Crippen LogP contribution in [0.1, 0.15) is 39.4 Å². The summed E-state index contributed by atoms with van der Waals surface area (Å²) in [5, 5.41) is 4.02. The fraction of sp³-hybridized carbons (Fsp3) is 0.500. The van der Waals surface area contributed by atoms with Crippen LogP contribution in [-0.2, 0) is 16.1 Å². The Morgan fingerprint density at radius 3 is 2.86 bits per heavy atom. The molecule has 0 atom stereocenters. The molecule has 0 aliphatic carbocycles. The second kappa shape index (κ2) is 8.08. The number of hydrogen-bond acceptors (Lipinski definition) is 8. The molecule has 4 rings (SSSR count). The van der Waals surface area contributed by atoms with Crippen molar-refractivity contribution >= 4 is 27.6 Å². The van der Waals surface area contributed by atoms with Crippen LogP contribution in [-0.4, -0.2) is 50.9 Å². The lowest BCUT2D eigenvalue weighted by Crippen LogP contribution is -2.43. The van der Waals surface area contributed by atoms with Crippen molar-refractivity contribution in [3.05, 3.63) is 29.5 Å². The van der Waals surface area contributed by atoms with Crippen molar-refractivity contribution in [2.24, 2.45) is 0 Å². The van der Waals surface area contributed by atoms with Crippen LogP contribution in [0.2, 0.25) is 0 Å². The summed E-state index contributed by atoms with van der Waals surface area (Å²) >= 11 is 1.57. The van der Waals surface area contributed by atoms with Crippen molar-refractivity contribution in [1.29, 1.82) is 0 Å². The standard InChI is InChI=1S/C20H24N4O4S/c1-20(2,3)27-19(25)24-8-6-14(7-9-24)26-11-17-22-18(28-23-17)13-4-5-15-16(10-13)29-12-21-15/h4-5,10,12,14H,6-9,11H2,1-3H3. The first-order valence-corrected chi connectivity index (χ1v) is 10.5. The van der Waals surface area contributed by atoms with Crippen molar-refractivity contribution in [3.8, 4) is 11.5 Å². The van der Waals surface area contributed by atoms with E-state index in [-0.39, 0.29) is 18.8 Å². The van der Waals surface area contributed by atoms with Crippen molar-refractivity contribution < 1.29 is 18.8 Å². The van der Waals surface area contributed by atoms with Crippen molar-refractivity contribution in [2.45, 2.75) is 51.9 Å². The molecule has 9 heteroatoms. The van der Waals surface area contributed by atoms with E-state index >= 15 is 0 Å². The monoisotopic (exact) mass is 416 g/mol. The lowest BCUT2D eigenvalue weighted by molar-refractivity contribution is -0.0190. The van der Waals surface area contributed by atoms with E-state index in [2.05, 4.69) is 15.1 Å². The van der Waals surface area contributed by atoms with Crippen LogP contribution in [0.25, 0.3) is 21.7 Å². The van der Waals surface area contributed by atoms with Crippen LogP contribution < -0.4 is 0 Å². The lowest BCUT2D eigenvalue weighted by Gasteiger charge is -2.33. The van der Waals surface area contributed by atoms with E-state index in [0.717, 1.165) is 28.6 Å². The summed E-state index contributed by atoms with van der Waals surface area (Å²) in [7, 11) is 0. The molecule has 0 spiro atoms. The zero-order valence-corrected chi connectivity index (χ0v) is 17.6. The topological polar surface area (TPSA) is 90.6 Å². The minimum absolute atomic E-state index is 0.0594. The van der Waals surface area contributed by atoms with Crippen LogP contribution >= 0.6 is 11.3 Å². The van der Waals surface area contributed by atoms with E-state index in [1.807, 2.05) is 44.5 Å². The van der Waals surface area contributed by atoms with Gasteiger partial charge in [-0.15, -0.1) is 11.3 Å². The molecule has 1 fully saturated rings. The average Bonchev–Trinajstić information content (AvgIpc) is 3.34. The summed E-state index contributed by atoms with van der Waals surface area (Å²) in [5.41, 5.74) is 3.16. The minimum atomic E-state index is -0.481. The number of carbonyl (C=O) groups is 1. The number of ether oxygens (including phenoxy) is 2. The van der Waals surface area contributed by atoms with Gasteiger partial charge in [-0.2, -0.15) is 4.98 Å². The molecule has 0 N–H and O–H groups in total. The van der Waals surface area contributed by atoms with Gasteiger partial charge in [-0.1, -0.05) is 5.16 Å². The summed E-state index contributed by atoms with van der Waals surface area (Å²) in [6, 6.07) is 5.87. The molecule has 0 saturated carbocycles. The maximum atomic E-state index is 12.1. The van der Waals surface area contributed by atoms with Gasteiger partial charge in [-0.3, -0.25) is 0 Å². The lowest BCUT2D eigenvalue weighted by atomic mass is 10.1. The van der Waals surface area contributed by atoms with E-state index in [4.69, 9.17) is 14.0 Å². The molecule has 1 amide bonds. The number of amides is 1. The number of fused-ring (bicyclic) bond motifs is 1. The van der Waals surface area contributed by atoms with E-state index in [9.17, 15) is 4.79 Å². The first kappa shape index (κ1) is 19.8. The van der Waals surface area contributed by atoms with Crippen LogP contribution in [0.15, 0.2) is 28.2 Å². The average molecular weight is 417 g/mol. The number of hydrogen-bond donors (Lipinski definition) is 0. The molecule has 1 aromatic carbocycles. The minimum Gasteiger partial charge on any atom is -0.444 e. The predicted molar refractivity (Wildman–Crippen MR) is 109 cm³/mol. The molecule has 0 unspecified atom stereocenters. The number of carbonyl (C=O) groups excluding carboxylic acids is 1. The van der Waals surface area contributed by atoms with Gasteiger partial charge in [0.1, 0.15) is 12.2 Å². The molecule has 3 heterocycles. The van der Waals surface area contributed by atoms with Gasteiger partial charge in [0, 0.05) is 18.7 Å². The van der Waals surface area contributed by atoms with E-state index in [1.165, 1.54) is 0 Å². The first-order valence-electron chi connectivity index (χ1n) is 9.63. The van der Waals surface area contributed by atoms with Gasteiger partial charge >= 0.3 is 6.09 Å². The second-order valence-corrected chi connectivity index (χ2v) is 8.91. The van der Waals surface area contributed by atoms with Crippen LogP contribution in [0.5, 0.6) is 0 Å². The SMILES string of the molecule is CC(C)(C)OC(=O)N1CCC(OCc2noc(-c3ccc4ncsc4c3)n2)CC1. The summed E-state index contributed by atoms with van der Waals surface area (Å²) in [5.74, 6) is 0.984. The molecular weight excluding hydrogens is 392 g/mol. The van der Waals surface area contributed by atoms with Gasteiger partial charge in [0.15, 0.2) is 5.82 Å². The van der Waals surface area contributed by atoms with Crippen molar-refractivity contribution in [1.82, 2.24) is 20.0 Å². The summed E-state index contributed by atoms with van der Waals surface area (Å²) in [6.45, 7) is 7.13. The molecule has 0 radical (unpaired) electrons. The third-order valence-electron chi connectivity index (χ3n) is 4.59. The Labute approximate surface area is 172 Å². The van der Waals surface area contributed by atoms with Gasteiger partial charge in [0.05, 0.1) is 21.8 Å². The maximum absolute atomic E-state index is 12.1. The molecule has 2 aromatic heterocycles. The normalized spacial score (nSPS) is 15.8. The molecular formula is C20H24N4O4S. The first-order chi connectivity index (χ1) is 13.9. The van der Waals surface area contributed by atoms with Gasteiger partial charge in [-0.25, -0.2) is 9.78 Å². The molecule has 0 bridgehead atoms. The second-order valence-electron chi connectivity index (χ2n) is 8.03. The number of benzene rings is 1. The van der Waals surface area contributed by atoms with Gasteiger partial charge in [0.25, 0.3) is 5.89 Å². The predicted octanol–water partition coefficient (Wildman–Crippen LogP) is 4.26. The van der Waals surface area contributed by atoms with Crippen molar-refractivity contribution in [2.75, 3.05) is 13.1 Å². The Balaban J connectivity index is 1.28. The van der Waals surface area contributed by atoms with Gasteiger partial charge in [-0.05, 0) is 51.8 Å². The maximum Gasteiger partial charge on any atom is 0.410 e. The van der Waals surface area contributed by atoms with E-state index < -0.39 is 5.60 Å². The number of thiazole rings is 1. The highest BCUT2D eigenvalue weighted by molar-refractivity contribution is 7.16. The Hall–Kier alpha value is -2.52. The highest BCUT2D eigenvalue weighted by Gasteiger charge is 2.27. The third-order valence-corrected chi connectivity index (χ3v) is 5.38. The Kier molecular flexibility index (Phi) is 5.51. The molecule has 3 aromatic rings. The fourth-order valence-electron chi connectivity index (χ4n) is 3.14. The molecule has 1 saturated heterocycles. The smallest absolute Gasteiger partial charge is 0.410 e. The molecule has 1 aliphatic rings. The molecule has 8 nitrogen and oxygen atoms in total. The number of rotatable bonds is 4. The van der Waals surface area contributed by atoms with Crippen LogP contribution in [0, 0.1) is 0 Å². The summed E-state index contributed by atoms with van der Waals surface area (Å²) in [4.78, 5) is 22.6. The Bertz CT molecular complexity index is 986. The molecule has 1 aliphatic heterocycles. The van der Waals surface area contributed by atoms with Gasteiger partial charge in [0.2, 0.25) is 0 Å². The molecule has 154 valence electrons. The zero-order valence-electron chi connectivity index (χ0n) is 16.8. The fourth-order valence-corrected chi connectivity index (χ4v) is 3.86. The quantitative estimate of drug-likeness (QED) is 0.627. The summed E-state index contributed by atoms with van der Waals surface area (Å²) < 4.78 is 17.8. The number of piperidine rings is 1. The highest BCUT2D eigenvalue weighted by atomic mass is 32.1. The Morgan fingerprint density at radius 1 is 1.31 bits per heavy atom. The van der Waals surface area contributed by atoms with Crippen LogP contribution in [0.3, 0.4) is 0 Å². The third kappa shape index (κ3) is 4.91. The molecule has 29 heavy (non-hydrogen) atoms. The van der Waals surface area contributed by atoms with Crippen LogP contribution in [0.4, 0.5) is 4.79 Å². The highest BCUT2D eigenvalue weighted by Crippen LogP contribution is 2.25. The van der Waals surface area contributed by atoms with Crippen molar-refractivity contribution in [3.63, 3.8) is 0 Å². The number of likely N-dealkylation sites (tertiary alicyclic amines) is 1. The van der Waals surface area contributed by atoms with E-state index in [1.54, 1.807) is 16.2 Å². The van der Waals surface area contributed by atoms with Gasteiger partial charge < -0.3 is 18.9 Å². The van der Waals surface area contributed by atoms with E-state index in [0.29, 0.717) is 24.8 Å². The zero-order chi connectivity index (χ0) is 20.4. The Morgan fingerprint density at radius 2 is 2.10 bits per heavy atom. The largest absolute Gasteiger partial charge is 0.444 e.